The van der Waals surface area contributed by atoms with Gasteiger partial charge >= 0.3 is 0 Å². The quantitative estimate of drug-likeness (QED) is 0.320. The van der Waals surface area contributed by atoms with Crippen LogP contribution in [0.3, 0.4) is 0 Å². The number of hydrogen-bond donors (Lipinski definition) is 2. The fourth-order valence-electron chi connectivity index (χ4n) is 2.37. The number of hydrazone groups is 1. The van der Waals surface area contributed by atoms with Crippen LogP contribution in [0.25, 0.3) is 0 Å². The molecule has 150 valence electrons. The van der Waals surface area contributed by atoms with E-state index in [0.29, 0.717) is 11.5 Å². The first-order valence-electron chi connectivity index (χ1n) is 8.18. The number of rotatable bonds is 7. The number of non-ortho nitro benzene ring substituents is 1. The number of nitrogens with zero attached hydrogens (tertiary/aromatic N) is 2. The van der Waals surface area contributed by atoms with Crippen molar-refractivity contribution in [3.63, 3.8) is 0 Å². The van der Waals surface area contributed by atoms with E-state index >= 15 is 0 Å². The molecule has 3 rings (SSSR count). The number of benzene rings is 2. The number of sulfonamides is 1. The van der Waals surface area contributed by atoms with Crippen molar-refractivity contribution in [1.29, 1.82) is 0 Å². The summed E-state index contributed by atoms with van der Waals surface area (Å²) in [6, 6.07) is 13.0. The van der Waals surface area contributed by atoms with E-state index in [0.717, 1.165) is 6.07 Å². The van der Waals surface area contributed by atoms with Gasteiger partial charge in [0.25, 0.3) is 15.7 Å². The molecule has 1 heterocycles. The normalized spacial score (nSPS) is 11.9. The molecule has 1 aromatic heterocycles. The number of nitrogens with one attached hydrogen (secondary N) is 2. The third kappa shape index (κ3) is 4.73. The van der Waals surface area contributed by atoms with Crippen molar-refractivity contribution >= 4 is 44.4 Å². The summed E-state index contributed by atoms with van der Waals surface area (Å²) in [5.41, 5.74) is 2.88. The highest BCUT2D eigenvalue weighted by atomic mass is 35.5. The van der Waals surface area contributed by atoms with Crippen LogP contribution in [-0.4, -0.2) is 19.1 Å². The molecule has 11 heteroatoms. The van der Waals surface area contributed by atoms with Crippen molar-refractivity contribution in [2.75, 3.05) is 10.1 Å². The Kier molecular flexibility index (Phi) is 5.85. The lowest BCUT2D eigenvalue weighted by Gasteiger charge is -2.13. The van der Waals surface area contributed by atoms with E-state index in [1.165, 1.54) is 30.5 Å². The SMILES string of the molecule is C/C(=N/Nc1ccc([N+](=O)[O-])cc1S(=O)(=O)Nc1ccccc1Cl)c1ccco1. The van der Waals surface area contributed by atoms with Gasteiger partial charge in [0.1, 0.15) is 16.4 Å². The average molecular weight is 435 g/mol. The molecule has 2 N–H and O–H groups in total. The van der Waals surface area contributed by atoms with Gasteiger partial charge in [-0.05, 0) is 37.3 Å². The van der Waals surface area contributed by atoms with Gasteiger partial charge in [-0.1, -0.05) is 23.7 Å². The average Bonchev–Trinajstić information content (AvgIpc) is 3.22. The molecule has 0 aliphatic carbocycles. The van der Waals surface area contributed by atoms with E-state index in [4.69, 9.17) is 16.0 Å². The molecule has 0 spiro atoms. The molecule has 0 amide bonds. The Morgan fingerprint density at radius 2 is 1.90 bits per heavy atom. The Morgan fingerprint density at radius 3 is 2.55 bits per heavy atom. The van der Waals surface area contributed by atoms with Crippen LogP contribution in [0.5, 0.6) is 0 Å². The fraction of sp³-hybridized carbons (Fsp3) is 0.0556. The zero-order valence-corrected chi connectivity index (χ0v) is 16.6. The monoisotopic (exact) mass is 434 g/mol. The molecule has 2 aromatic carbocycles. The number of anilines is 2. The topological polar surface area (TPSA) is 127 Å². The van der Waals surface area contributed by atoms with E-state index in [2.05, 4.69) is 15.2 Å². The molecule has 29 heavy (non-hydrogen) atoms. The predicted octanol–water partition coefficient (Wildman–Crippen LogP) is 4.48. The van der Waals surface area contributed by atoms with Crippen LogP contribution >= 0.6 is 11.6 Å². The second kappa shape index (κ2) is 8.33. The molecular weight excluding hydrogens is 420 g/mol. The predicted molar refractivity (Wildman–Crippen MR) is 110 cm³/mol. The maximum Gasteiger partial charge on any atom is 0.270 e. The van der Waals surface area contributed by atoms with Crippen LogP contribution in [-0.2, 0) is 10.0 Å². The molecule has 0 saturated heterocycles. The largest absolute Gasteiger partial charge is 0.463 e. The van der Waals surface area contributed by atoms with Crippen LogP contribution in [0.15, 0.2) is 75.3 Å². The Labute approximate surface area is 171 Å². The summed E-state index contributed by atoms with van der Waals surface area (Å²) in [7, 11) is -4.22. The minimum absolute atomic E-state index is 0.0426. The van der Waals surface area contributed by atoms with Gasteiger partial charge in [0.05, 0.1) is 27.6 Å². The van der Waals surface area contributed by atoms with Gasteiger partial charge in [0.2, 0.25) is 0 Å². The number of furan rings is 1. The highest BCUT2D eigenvalue weighted by molar-refractivity contribution is 7.93. The first kappa shape index (κ1) is 20.4. The molecule has 9 nitrogen and oxygen atoms in total. The molecule has 0 aliphatic heterocycles. The summed E-state index contributed by atoms with van der Waals surface area (Å²) in [6.07, 6.45) is 1.48. The number of para-hydroxylation sites is 1. The standard InChI is InChI=1S/C18H15ClN4O5S/c1-12(17-7-4-10-28-17)20-21-16-9-8-13(23(24)25)11-18(16)29(26,27)22-15-6-3-2-5-14(15)19/h2-11,21-22H,1H3/b20-12-. The van der Waals surface area contributed by atoms with Gasteiger partial charge in [-0.25, -0.2) is 8.42 Å². The lowest BCUT2D eigenvalue weighted by Crippen LogP contribution is -2.15. The third-order valence-electron chi connectivity index (χ3n) is 3.81. The Bertz CT molecular complexity index is 1180. The highest BCUT2D eigenvalue weighted by Gasteiger charge is 2.23. The Hall–Kier alpha value is -3.37. The first-order valence-corrected chi connectivity index (χ1v) is 10.0. The fourth-order valence-corrected chi connectivity index (χ4v) is 3.86. The Balaban J connectivity index is 2.01. The summed E-state index contributed by atoms with van der Waals surface area (Å²) in [5, 5.41) is 15.4. The van der Waals surface area contributed by atoms with E-state index in [9.17, 15) is 18.5 Å². The number of halogens is 1. The summed E-state index contributed by atoms with van der Waals surface area (Å²) in [5.74, 6) is 0.484. The lowest BCUT2D eigenvalue weighted by molar-refractivity contribution is -0.385. The van der Waals surface area contributed by atoms with Gasteiger partial charge < -0.3 is 4.42 Å². The second-order valence-electron chi connectivity index (χ2n) is 5.81. The zero-order chi connectivity index (χ0) is 21.0. The summed E-state index contributed by atoms with van der Waals surface area (Å²) in [4.78, 5) is 10.1. The molecule has 0 saturated carbocycles. The third-order valence-corrected chi connectivity index (χ3v) is 5.54. The van der Waals surface area contributed by atoms with Gasteiger partial charge in [0.15, 0.2) is 0 Å². The summed E-state index contributed by atoms with van der Waals surface area (Å²) in [6.45, 7) is 1.66. The summed E-state index contributed by atoms with van der Waals surface area (Å²) >= 11 is 6.02. The van der Waals surface area contributed by atoms with Crippen LogP contribution < -0.4 is 10.1 Å². The van der Waals surface area contributed by atoms with Crippen LogP contribution in [0, 0.1) is 10.1 Å². The molecular formula is C18H15ClN4O5S. The first-order chi connectivity index (χ1) is 13.8. The van der Waals surface area contributed by atoms with Crippen molar-refractivity contribution in [2.45, 2.75) is 11.8 Å². The molecule has 0 fully saturated rings. The molecule has 0 aliphatic rings. The Morgan fingerprint density at radius 1 is 1.14 bits per heavy atom. The number of nitro benzene ring substituents is 1. The minimum Gasteiger partial charge on any atom is -0.463 e. The maximum atomic E-state index is 12.9. The van der Waals surface area contributed by atoms with Crippen molar-refractivity contribution in [3.8, 4) is 0 Å². The van der Waals surface area contributed by atoms with Crippen molar-refractivity contribution in [2.24, 2.45) is 5.10 Å². The van der Waals surface area contributed by atoms with E-state index < -0.39 is 14.9 Å². The number of nitro groups is 1. The zero-order valence-electron chi connectivity index (χ0n) is 15.0. The van der Waals surface area contributed by atoms with E-state index in [1.807, 2.05) is 0 Å². The van der Waals surface area contributed by atoms with Crippen molar-refractivity contribution in [1.82, 2.24) is 0 Å². The minimum atomic E-state index is -4.22. The second-order valence-corrected chi connectivity index (χ2v) is 7.87. The maximum absolute atomic E-state index is 12.9. The molecule has 0 unspecified atom stereocenters. The molecule has 3 aromatic rings. The van der Waals surface area contributed by atoms with Gasteiger partial charge in [-0.2, -0.15) is 5.10 Å². The molecule has 0 bridgehead atoms. The van der Waals surface area contributed by atoms with E-state index in [1.54, 1.807) is 31.2 Å². The van der Waals surface area contributed by atoms with Gasteiger partial charge in [-0.3, -0.25) is 20.3 Å². The molecule has 0 atom stereocenters. The summed E-state index contributed by atoms with van der Waals surface area (Å²) < 4.78 is 33.4. The lowest BCUT2D eigenvalue weighted by atomic mass is 10.3. The van der Waals surface area contributed by atoms with Crippen LogP contribution in [0.2, 0.25) is 5.02 Å². The highest BCUT2D eigenvalue weighted by Crippen LogP contribution is 2.30. The van der Waals surface area contributed by atoms with Gasteiger partial charge in [0, 0.05) is 12.1 Å². The van der Waals surface area contributed by atoms with Crippen LogP contribution in [0.4, 0.5) is 17.1 Å². The van der Waals surface area contributed by atoms with Gasteiger partial charge in [-0.15, -0.1) is 0 Å². The van der Waals surface area contributed by atoms with Crippen molar-refractivity contribution < 1.29 is 17.8 Å². The number of hydrogen-bond acceptors (Lipinski definition) is 7. The van der Waals surface area contributed by atoms with Crippen LogP contribution in [0.1, 0.15) is 12.7 Å². The van der Waals surface area contributed by atoms with Crippen molar-refractivity contribution in [3.05, 3.63) is 81.8 Å². The molecule has 0 radical (unpaired) electrons. The smallest absolute Gasteiger partial charge is 0.270 e. The van der Waals surface area contributed by atoms with E-state index in [-0.39, 0.29) is 27.0 Å².